The van der Waals surface area contributed by atoms with E-state index in [1.807, 2.05) is 18.3 Å². The molecule has 0 fully saturated rings. The molecule has 0 amide bonds. The van der Waals surface area contributed by atoms with Gasteiger partial charge in [-0.25, -0.2) is 0 Å². The second-order valence-electron chi connectivity index (χ2n) is 8.05. The molecule has 0 aliphatic carbocycles. The summed E-state index contributed by atoms with van der Waals surface area (Å²) in [4.78, 5) is 4.56. The van der Waals surface area contributed by atoms with Gasteiger partial charge in [0.2, 0.25) is 0 Å². The summed E-state index contributed by atoms with van der Waals surface area (Å²) in [5, 5.41) is 7.59. The van der Waals surface area contributed by atoms with E-state index in [9.17, 15) is 0 Å². The maximum atomic E-state index is 4.56. The van der Waals surface area contributed by atoms with Crippen LogP contribution in [0.3, 0.4) is 0 Å². The minimum atomic E-state index is 0.270. The number of aryl methyl sites for hydroxylation is 1. The van der Waals surface area contributed by atoms with Crippen molar-refractivity contribution in [2.24, 2.45) is 0 Å². The lowest BCUT2D eigenvalue weighted by atomic mass is 9.99. The smallest absolute Gasteiger partial charge is 0.0866 e. The van der Waals surface area contributed by atoms with Gasteiger partial charge in [0.25, 0.3) is 0 Å². The van der Waals surface area contributed by atoms with Crippen LogP contribution in [0, 0.1) is 0 Å². The molecule has 1 atom stereocenters. The molecule has 31 heavy (non-hydrogen) atoms. The molecule has 0 bridgehead atoms. The number of rotatable bonds is 6. The number of aromatic nitrogens is 2. The highest BCUT2D eigenvalue weighted by atomic mass is 15.0. The first-order valence-electron chi connectivity index (χ1n) is 11.0. The molecular formula is C28H27N3. The van der Waals surface area contributed by atoms with E-state index in [1.165, 1.54) is 38.5 Å². The summed E-state index contributed by atoms with van der Waals surface area (Å²) in [7, 11) is 0. The molecule has 0 saturated heterocycles. The normalized spacial score (nSPS) is 12.5. The van der Waals surface area contributed by atoms with E-state index in [0.717, 1.165) is 18.8 Å². The molecule has 154 valence electrons. The van der Waals surface area contributed by atoms with Crippen LogP contribution >= 0.6 is 0 Å². The average Bonchev–Trinajstić information content (AvgIpc) is 3.20. The molecule has 2 heterocycles. The maximum Gasteiger partial charge on any atom is 0.0866 e. The Balaban J connectivity index is 1.41. The van der Waals surface area contributed by atoms with Crippen LogP contribution in [0.25, 0.3) is 33.1 Å². The van der Waals surface area contributed by atoms with Gasteiger partial charge in [0.1, 0.15) is 0 Å². The molecule has 5 aromatic rings. The van der Waals surface area contributed by atoms with Crippen molar-refractivity contribution >= 4 is 21.7 Å². The van der Waals surface area contributed by atoms with Crippen molar-refractivity contribution in [3.8, 4) is 11.4 Å². The summed E-state index contributed by atoms with van der Waals surface area (Å²) in [5.74, 6) is 0. The predicted molar refractivity (Wildman–Crippen MR) is 130 cm³/mol. The van der Waals surface area contributed by atoms with Crippen molar-refractivity contribution in [1.29, 1.82) is 0 Å². The minimum absolute atomic E-state index is 0.270. The molecule has 3 nitrogen and oxygen atoms in total. The first kappa shape index (κ1) is 19.5. The van der Waals surface area contributed by atoms with Crippen LogP contribution in [0.2, 0.25) is 0 Å². The first-order chi connectivity index (χ1) is 15.2. The van der Waals surface area contributed by atoms with E-state index in [1.54, 1.807) is 0 Å². The van der Waals surface area contributed by atoms with Crippen LogP contribution in [0.15, 0.2) is 91.1 Å². The zero-order chi connectivity index (χ0) is 21.2. The van der Waals surface area contributed by atoms with Crippen LogP contribution in [0.4, 0.5) is 0 Å². The largest absolute Gasteiger partial charge is 0.340 e. The molecule has 0 aliphatic rings. The van der Waals surface area contributed by atoms with Crippen LogP contribution in [-0.2, 0) is 13.1 Å². The summed E-state index contributed by atoms with van der Waals surface area (Å²) in [6.45, 7) is 6.18. The second kappa shape index (κ2) is 8.37. The second-order valence-corrected chi connectivity index (χ2v) is 8.05. The molecule has 0 saturated carbocycles. The number of fused-ring (bicyclic) bond motifs is 2. The standard InChI is InChI=1S/C28H27N3/c1-3-31-27-15-14-21(17-23(27)18-28(31)26-13-6-7-16-29-26)19-30-20(2)24-12-8-10-22-9-4-5-11-25(22)24/h4-18,20,30H,3,19H2,1-2H3/t20-/m1/s1. The Hall–Kier alpha value is -3.43. The van der Waals surface area contributed by atoms with Gasteiger partial charge in [0.05, 0.1) is 11.4 Å². The average molecular weight is 406 g/mol. The van der Waals surface area contributed by atoms with Crippen molar-refractivity contribution in [2.45, 2.75) is 33.0 Å². The molecule has 0 spiro atoms. The quantitative estimate of drug-likeness (QED) is 0.339. The van der Waals surface area contributed by atoms with Crippen LogP contribution < -0.4 is 5.32 Å². The fourth-order valence-electron chi connectivity index (χ4n) is 4.51. The predicted octanol–water partition coefficient (Wildman–Crippen LogP) is 6.73. The third-order valence-corrected chi connectivity index (χ3v) is 6.11. The highest BCUT2D eigenvalue weighted by Crippen LogP contribution is 2.28. The zero-order valence-electron chi connectivity index (χ0n) is 18.0. The van der Waals surface area contributed by atoms with Gasteiger partial charge in [-0.1, -0.05) is 54.6 Å². The van der Waals surface area contributed by atoms with Crippen LogP contribution in [0.5, 0.6) is 0 Å². The van der Waals surface area contributed by atoms with Crippen molar-refractivity contribution in [2.75, 3.05) is 0 Å². The summed E-state index contributed by atoms with van der Waals surface area (Å²) in [6, 6.07) is 30.5. The van der Waals surface area contributed by atoms with Gasteiger partial charge in [-0.3, -0.25) is 4.98 Å². The third-order valence-electron chi connectivity index (χ3n) is 6.11. The molecule has 2 aromatic heterocycles. The van der Waals surface area contributed by atoms with Gasteiger partial charge >= 0.3 is 0 Å². The highest BCUT2D eigenvalue weighted by Gasteiger charge is 2.12. The SMILES string of the molecule is CCn1c(-c2ccccn2)cc2cc(CN[C@H](C)c3cccc4ccccc34)ccc21. The van der Waals surface area contributed by atoms with E-state index >= 15 is 0 Å². The van der Waals surface area contributed by atoms with E-state index in [-0.39, 0.29) is 6.04 Å². The summed E-state index contributed by atoms with van der Waals surface area (Å²) >= 11 is 0. The Bertz CT molecular complexity index is 1330. The summed E-state index contributed by atoms with van der Waals surface area (Å²) < 4.78 is 2.34. The van der Waals surface area contributed by atoms with E-state index in [0.29, 0.717) is 0 Å². The lowest BCUT2D eigenvalue weighted by Crippen LogP contribution is -2.18. The van der Waals surface area contributed by atoms with Crippen LogP contribution in [-0.4, -0.2) is 9.55 Å². The van der Waals surface area contributed by atoms with Crippen molar-refractivity contribution in [3.05, 3.63) is 102 Å². The van der Waals surface area contributed by atoms with Crippen molar-refractivity contribution in [1.82, 2.24) is 14.9 Å². The Labute approximate surface area is 183 Å². The summed E-state index contributed by atoms with van der Waals surface area (Å²) in [5.41, 5.74) is 6.08. The molecule has 3 heteroatoms. The summed E-state index contributed by atoms with van der Waals surface area (Å²) in [6.07, 6.45) is 1.86. The van der Waals surface area contributed by atoms with E-state index < -0.39 is 0 Å². The van der Waals surface area contributed by atoms with Gasteiger partial charge in [0, 0.05) is 36.2 Å². The van der Waals surface area contributed by atoms with E-state index in [4.69, 9.17) is 0 Å². The number of nitrogens with zero attached hydrogens (tertiary/aromatic N) is 2. The lowest BCUT2D eigenvalue weighted by Gasteiger charge is -2.17. The fraction of sp³-hybridized carbons (Fsp3) is 0.179. The zero-order valence-corrected chi connectivity index (χ0v) is 18.0. The topological polar surface area (TPSA) is 29.9 Å². The third kappa shape index (κ3) is 3.73. The molecular weight excluding hydrogens is 378 g/mol. The van der Waals surface area contributed by atoms with Gasteiger partial charge in [-0.05, 0) is 66.1 Å². The molecule has 1 N–H and O–H groups in total. The molecule has 0 unspecified atom stereocenters. The highest BCUT2D eigenvalue weighted by molar-refractivity contribution is 5.87. The number of hydrogen-bond acceptors (Lipinski definition) is 2. The maximum absolute atomic E-state index is 4.56. The number of nitrogens with one attached hydrogen (secondary N) is 1. The van der Waals surface area contributed by atoms with Gasteiger partial charge in [-0.15, -0.1) is 0 Å². The van der Waals surface area contributed by atoms with Crippen molar-refractivity contribution in [3.63, 3.8) is 0 Å². The lowest BCUT2D eigenvalue weighted by molar-refractivity contribution is 0.578. The number of pyridine rings is 1. The monoisotopic (exact) mass is 405 g/mol. The Morgan fingerprint density at radius 3 is 2.55 bits per heavy atom. The molecule has 0 aliphatic heterocycles. The fourth-order valence-corrected chi connectivity index (χ4v) is 4.51. The van der Waals surface area contributed by atoms with Gasteiger partial charge < -0.3 is 9.88 Å². The Kier molecular flexibility index (Phi) is 5.27. The Morgan fingerprint density at radius 2 is 1.71 bits per heavy atom. The molecule has 5 rings (SSSR count). The van der Waals surface area contributed by atoms with Gasteiger partial charge in [0.15, 0.2) is 0 Å². The first-order valence-corrected chi connectivity index (χ1v) is 11.0. The minimum Gasteiger partial charge on any atom is -0.340 e. The van der Waals surface area contributed by atoms with Crippen molar-refractivity contribution < 1.29 is 0 Å². The molecule has 0 radical (unpaired) electrons. The van der Waals surface area contributed by atoms with Crippen LogP contribution in [0.1, 0.15) is 31.0 Å². The molecule has 3 aromatic carbocycles. The van der Waals surface area contributed by atoms with E-state index in [2.05, 4.69) is 102 Å². The van der Waals surface area contributed by atoms with Gasteiger partial charge in [-0.2, -0.15) is 0 Å². The Morgan fingerprint density at radius 1 is 0.871 bits per heavy atom. The number of hydrogen-bond donors (Lipinski definition) is 1. The number of benzene rings is 3.